The minimum atomic E-state index is -0.537. The van der Waals surface area contributed by atoms with Gasteiger partial charge in [0.1, 0.15) is 5.75 Å². The van der Waals surface area contributed by atoms with Crippen LogP contribution in [0.25, 0.3) is 0 Å². The van der Waals surface area contributed by atoms with E-state index in [4.69, 9.17) is 22.1 Å². The van der Waals surface area contributed by atoms with Crippen molar-refractivity contribution in [3.05, 3.63) is 53.1 Å². The highest BCUT2D eigenvalue weighted by atomic mass is 127. The van der Waals surface area contributed by atoms with Crippen LogP contribution in [0.1, 0.15) is 18.0 Å². The highest BCUT2D eigenvalue weighted by molar-refractivity contribution is 14.0. The van der Waals surface area contributed by atoms with Gasteiger partial charge in [0.25, 0.3) is 0 Å². The molecule has 0 aliphatic carbocycles. The standard InChI is InChI=1S/C16H16ClN3O2S.HI/c17-10-5-6-15-13(9-10)19-12(7-8-23-20-16(18)21)11-3-1-2-4-14(11)22-15;/h1-6,9,12,19H,7-8H2,(H3,18,20,21);1H. The van der Waals surface area contributed by atoms with Crippen LogP contribution in [0.15, 0.2) is 42.5 Å². The van der Waals surface area contributed by atoms with Gasteiger partial charge in [0, 0.05) is 16.3 Å². The van der Waals surface area contributed by atoms with E-state index in [1.807, 2.05) is 36.4 Å². The van der Waals surface area contributed by atoms with Crippen LogP contribution in [-0.2, 0) is 0 Å². The number of carbonyl (C=O) groups is 1. The van der Waals surface area contributed by atoms with Gasteiger partial charge in [-0.25, -0.2) is 4.79 Å². The van der Waals surface area contributed by atoms with Crippen molar-refractivity contribution >= 4 is 59.2 Å². The zero-order chi connectivity index (χ0) is 16.2. The van der Waals surface area contributed by atoms with Gasteiger partial charge in [-0.3, -0.25) is 4.72 Å². The molecule has 4 N–H and O–H groups in total. The summed E-state index contributed by atoms with van der Waals surface area (Å²) in [6.07, 6.45) is 0.789. The number of fused-ring (bicyclic) bond motifs is 2. The minimum absolute atomic E-state index is 0. The Morgan fingerprint density at radius 1 is 1.29 bits per heavy atom. The van der Waals surface area contributed by atoms with Gasteiger partial charge < -0.3 is 15.8 Å². The van der Waals surface area contributed by atoms with Crippen molar-refractivity contribution in [3.8, 4) is 11.5 Å². The van der Waals surface area contributed by atoms with Crippen LogP contribution in [0.3, 0.4) is 0 Å². The number of nitrogens with one attached hydrogen (secondary N) is 2. The zero-order valence-electron chi connectivity index (χ0n) is 12.6. The predicted molar refractivity (Wildman–Crippen MR) is 110 cm³/mol. The number of carbonyl (C=O) groups excluding carboxylic acids is 1. The van der Waals surface area contributed by atoms with Gasteiger partial charge in [0.2, 0.25) is 0 Å². The van der Waals surface area contributed by atoms with E-state index >= 15 is 0 Å². The smallest absolute Gasteiger partial charge is 0.322 e. The van der Waals surface area contributed by atoms with E-state index in [9.17, 15) is 4.79 Å². The maximum absolute atomic E-state index is 10.7. The first-order chi connectivity index (χ1) is 11.1. The minimum Gasteiger partial charge on any atom is -0.455 e. The predicted octanol–water partition coefficient (Wildman–Crippen LogP) is 4.92. The molecule has 2 amide bonds. The summed E-state index contributed by atoms with van der Waals surface area (Å²) in [5.74, 6) is 2.27. The lowest BCUT2D eigenvalue weighted by Gasteiger charge is -2.18. The van der Waals surface area contributed by atoms with Gasteiger partial charge in [0.05, 0.1) is 11.7 Å². The third-order valence-electron chi connectivity index (χ3n) is 3.47. The lowest BCUT2D eigenvalue weighted by molar-refractivity contribution is 0.254. The fraction of sp³-hybridized carbons (Fsp3) is 0.188. The molecule has 3 rings (SSSR count). The lowest BCUT2D eigenvalue weighted by atomic mass is 10.0. The molecular weight excluding hydrogens is 461 g/mol. The first kappa shape index (κ1) is 19.0. The van der Waals surface area contributed by atoms with Gasteiger partial charge in [-0.15, -0.1) is 24.0 Å². The Hall–Kier alpha value is -1.32. The van der Waals surface area contributed by atoms with Crippen molar-refractivity contribution in [2.45, 2.75) is 12.5 Å². The third-order valence-corrected chi connectivity index (χ3v) is 4.49. The molecule has 0 fully saturated rings. The second-order valence-electron chi connectivity index (χ2n) is 5.08. The van der Waals surface area contributed by atoms with Gasteiger partial charge in [-0.05, 0) is 42.6 Å². The molecule has 1 atom stereocenters. The number of halogens is 2. The normalized spacial score (nSPS) is 14.8. The zero-order valence-corrected chi connectivity index (χ0v) is 16.5. The summed E-state index contributed by atoms with van der Waals surface area (Å²) in [5, 5.41) is 4.13. The average Bonchev–Trinajstić information content (AvgIpc) is 2.68. The van der Waals surface area contributed by atoms with Crippen molar-refractivity contribution in [1.82, 2.24) is 4.72 Å². The van der Waals surface area contributed by atoms with E-state index < -0.39 is 6.03 Å². The summed E-state index contributed by atoms with van der Waals surface area (Å²) in [6, 6.07) is 12.9. The van der Waals surface area contributed by atoms with E-state index in [1.54, 1.807) is 6.07 Å². The number of rotatable bonds is 4. The molecule has 0 spiro atoms. The van der Waals surface area contributed by atoms with Crippen LogP contribution in [0.2, 0.25) is 5.02 Å². The monoisotopic (exact) mass is 477 g/mol. The van der Waals surface area contributed by atoms with E-state index in [-0.39, 0.29) is 30.0 Å². The van der Waals surface area contributed by atoms with Gasteiger partial charge in [-0.1, -0.05) is 29.8 Å². The summed E-state index contributed by atoms with van der Waals surface area (Å²) >= 11 is 7.38. The molecule has 1 aliphatic rings. The van der Waals surface area contributed by atoms with Crippen LogP contribution in [0.5, 0.6) is 11.5 Å². The average molecular weight is 478 g/mol. The second kappa shape index (κ2) is 8.68. The maximum atomic E-state index is 10.7. The molecule has 8 heteroatoms. The highest BCUT2D eigenvalue weighted by Crippen LogP contribution is 2.42. The molecule has 2 aromatic rings. The van der Waals surface area contributed by atoms with Gasteiger partial charge in [0.15, 0.2) is 5.75 Å². The molecule has 128 valence electrons. The van der Waals surface area contributed by atoms with Crippen molar-refractivity contribution in [3.63, 3.8) is 0 Å². The van der Waals surface area contributed by atoms with Crippen LogP contribution in [-0.4, -0.2) is 11.8 Å². The summed E-state index contributed by atoms with van der Waals surface area (Å²) in [6.45, 7) is 0. The largest absolute Gasteiger partial charge is 0.455 e. The molecule has 2 aromatic carbocycles. The molecule has 0 aromatic heterocycles. The molecule has 24 heavy (non-hydrogen) atoms. The van der Waals surface area contributed by atoms with Crippen LogP contribution in [0, 0.1) is 0 Å². The van der Waals surface area contributed by atoms with Crippen LogP contribution >= 0.6 is 47.5 Å². The Balaban J connectivity index is 0.00000208. The Labute approximate surface area is 166 Å². The molecule has 0 bridgehead atoms. The Morgan fingerprint density at radius 2 is 2.08 bits per heavy atom. The summed E-state index contributed by atoms with van der Waals surface area (Å²) in [4.78, 5) is 10.7. The molecular formula is C16H17ClIN3O2S. The molecule has 0 saturated heterocycles. The number of ether oxygens (including phenoxy) is 1. The second-order valence-corrected chi connectivity index (χ2v) is 6.42. The Kier molecular flexibility index (Phi) is 6.88. The van der Waals surface area contributed by atoms with E-state index in [0.29, 0.717) is 10.8 Å². The first-order valence-corrected chi connectivity index (χ1v) is 8.50. The molecule has 0 radical (unpaired) electrons. The van der Waals surface area contributed by atoms with Crippen molar-refractivity contribution in [2.75, 3.05) is 11.1 Å². The first-order valence-electron chi connectivity index (χ1n) is 7.13. The van der Waals surface area contributed by atoms with Crippen molar-refractivity contribution < 1.29 is 9.53 Å². The Bertz CT molecular complexity index is 732. The lowest BCUT2D eigenvalue weighted by Crippen LogP contribution is -2.23. The maximum Gasteiger partial charge on any atom is 0.322 e. The third kappa shape index (κ3) is 4.61. The van der Waals surface area contributed by atoms with Gasteiger partial charge in [-0.2, -0.15) is 0 Å². The van der Waals surface area contributed by atoms with E-state index in [0.717, 1.165) is 29.2 Å². The molecule has 1 heterocycles. The number of para-hydroxylation sites is 1. The number of hydrogen-bond acceptors (Lipinski definition) is 4. The van der Waals surface area contributed by atoms with Crippen LogP contribution in [0.4, 0.5) is 10.5 Å². The van der Waals surface area contributed by atoms with Crippen molar-refractivity contribution in [1.29, 1.82) is 0 Å². The number of urea groups is 1. The van der Waals surface area contributed by atoms with E-state index in [1.165, 1.54) is 11.9 Å². The number of primary amides is 1. The quantitative estimate of drug-likeness (QED) is 0.332. The van der Waals surface area contributed by atoms with Crippen molar-refractivity contribution in [2.24, 2.45) is 5.73 Å². The van der Waals surface area contributed by atoms with Gasteiger partial charge >= 0.3 is 6.03 Å². The fourth-order valence-corrected chi connectivity index (χ4v) is 3.25. The number of amides is 2. The molecule has 0 saturated carbocycles. The summed E-state index contributed by atoms with van der Waals surface area (Å²) in [5.41, 5.74) is 6.99. The molecule has 5 nitrogen and oxygen atoms in total. The summed E-state index contributed by atoms with van der Waals surface area (Å²) < 4.78 is 8.54. The summed E-state index contributed by atoms with van der Waals surface area (Å²) in [7, 11) is 0. The fourth-order valence-electron chi connectivity index (χ4n) is 2.48. The topological polar surface area (TPSA) is 76.4 Å². The number of hydrogen-bond donors (Lipinski definition) is 3. The number of anilines is 1. The number of benzene rings is 2. The number of nitrogens with two attached hydrogens (primary N) is 1. The Morgan fingerprint density at radius 3 is 2.88 bits per heavy atom. The molecule has 1 aliphatic heterocycles. The molecule has 1 unspecified atom stereocenters. The van der Waals surface area contributed by atoms with E-state index in [2.05, 4.69) is 10.0 Å². The highest BCUT2D eigenvalue weighted by Gasteiger charge is 2.22. The van der Waals surface area contributed by atoms with Crippen LogP contribution < -0.4 is 20.5 Å². The SMILES string of the molecule is I.NC(=O)NSCCC1Nc2cc(Cl)ccc2Oc2ccccc21.